The van der Waals surface area contributed by atoms with Gasteiger partial charge in [0.1, 0.15) is 0 Å². The molecule has 0 bridgehead atoms. The number of benzene rings is 8. The number of aromatic nitrogens is 2. The maximum Gasteiger partial charge on any atom is 0.333 e. The molecule has 8 aromatic carbocycles. The highest BCUT2D eigenvalue weighted by Gasteiger charge is 2.45. The lowest BCUT2D eigenvalue weighted by molar-refractivity contribution is 1.20. The Kier molecular flexibility index (Phi) is 4.64. The first kappa shape index (κ1) is 26.4. The van der Waals surface area contributed by atoms with Gasteiger partial charge in [-0.2, -0.15) is 0 Å². The average Bonchev–Trinajstić information content (AvgIpc) is 3.82. The molecule has 0 saturated carbocycles. The van der Waals surface area contributed by atoms with E-state index in [2.05, 4.69) is 172 Å². The van der Waals surface area contributed by atoms with E-state index < -0.39 is 0 Å². The Balaban J connectivity index is 1.34. The molecule has 0 N–H and O–H groups in total. The summed E-state index contributed by atoms with van der Waals surface area (Å²) in [6, 6.07) is 57.0. The standard InChI is InChI=1S/C47H28BN3/c1-27-13-2-8-21-37(27)51-41-26-34-31-17-6-9-22-38(31)49-40-24-11-7-18-33(40)43(46(34)49)42(41)35-25-28-14-3-4-15-29(28)47-44(35)48(51)36-20-12-19-32-30-16-5-10-23-39(30)50(47)45(32)36/h2-26H,1H3. The van der Waals surface area contributed by atoms with Crippen molar-refractivity contribution in [3.8, 4) is 16.8 Å². The number of hydrogen-bond donors (Lipinski definition) is 0. The Morgan fingerprint density at radius 1 is 0.490 bits per heavy atom. The zero-order chi connectivity index (χ0) is 33.1. The Morgan fingerprint density at radius 2 is 1.14 bits per heavy atom. The van der Waals surface area contributed by atoms with Crippen molar-refractivity contribution in [1.29, 1.82) is 0 Å². The fourth-order valence-electron chi connectivity index (χ4n) is 10.2. The number of para-hydroxylation sites is 5. The number of fused-ring (bicyclic) bond motifs is 16. The largest absolute Gasteiger partial charge is 0.376 e. The lowest BCUT2D eigenvalue weighted by atomic mass is 9.43. The highest BCUT2D eigenvalue weighted by atomic mass is 15.1. The van der Waals surface area contributed by atoms with E-state index in [1.807, 2.05) is 0 Å². The van der Waals surface area contributed by atoms with Crippen molar-refractivity contribution in [2.24, 2.45) is 0 Å². The van der Waals surface area contributed by atoms with E-state index in [1.165, 1.54) is 115 Å². The van der Waals surface area contributed by atoms with Gasteiger partial charge in [-0.3, -0.25) is 0 Å². The fourth-order valence-corrected chi connectivity index (χ4v) is 10.2. The SMILES string of the molecule is Cc1ccccc1N1B2c3c(cc4ccccc4c3-n3c4ccccc4c4cccc2c43)-c2c1cc1c3ccccc3n3c4ccccc4c2c13. The van der Waals surface area contributed by atoms with Gasteiger partial charge in [0.25, 0.3) is 0 Å². The van der Waals surface area contributed by atoms with Crippen LogP contribution in [0, 0.1) is 6.92 Å². The first-order chi connectivity index (χ1) is 25.3. The predicted octanol–water partition coefficient (Wildman–Crippen LogP) is 10.6. The summed E-state index contributed by atoms with van der Waals surface area (Å²) >= 11 is 0. The topological polar surface area (TPSA) is 12.6 Å². The highest BCUT2D eigenvalue weighted by molar-refractivity contribution is 6.94. The molecule has 2 aliphatic heterocycles. The smallest absolute Gasteiger partial charge is 0.333 e. The molecular formula is C47H28BN3. The van der Waals surface area contributed by atoms with E-state index in [0.717, 1.165) is 0 Å². The van der Waals surface area contributed by atoms with E-state index in [0.29, 0.717) is 0 Å². The van der Waals surface area contributed by atoms with Crippen LogP contribution in [0.15, 0.2) is 152 Å². The second-order valence-electron chi connectivity index (χ2n) is 14.5. The van der Waals surface area contributed by atoms with Crippen molar-refractivity contribution in [3.05, 3.63) is 157 Å². The fraction of sp³-hybridized carbons (Fsp3) is 0.0213. The van der Waals surface area contributed by atoms with Crippen LogP contribution in [-0.4, -0.2) is 15.8 Å². The van der Waals surface area contributed by atoms with E-state index in [9.17, 15) is 0 Å². The van der Waals surface area contributed by atoms with Crippen LogP contribution in [0.25, 0.3) is 87.5 Å². The van der Waals surface area contributed by atoms with Crippen molar-refractivity contribution in [2.75, 3.05) is 4.81 Å². The highest BCUT2D eigenvalue weighted by Crippen LogP contribution is 2.53. The summed E-state index contributed by atoms with van der Waals surface area (Å²) in [5, 5.41) is 10.4. The molecule has 0 amide bonds. The van der Waals surface area contributed by atoms with Gasteiger partial charge in [0.2, 0.25) is 0 Å². The monoisotopic (exact) mass is 645 g/mol. The van der Waals surface area contributed by atoms with E-state index in [4.69, 9.17) is 0 Å². The van der Waals surface area contributed by atoms with E-state index in [1.54, 1.807) is 0 Å². The molecule has 0 radical (unpaired) electrons. The molecular weight excluding hydrogens is 617 g/mol. The molecule has 0 saturated heterocycles. The third-order valence-electron chi connectivity index (χ3n) is 12.1. The van der Waals surface area contributed by atoms with Gasteiger partial charge in [-0.1, -0.05) is 115 Å². The summed E-state index contributed by atoms with van der Waals surface area (Å²) < 4.78 is 5.12. The Bertz CT molecular complexity index is 3350. The van der Waals surface area contributed by atoms with Crippen molar-refractivity contribution in [1.82, 2.24) is 8.97 Å². The first-order valence-electron chi connectivity index (χ1n) is 17.9. The summed E-state index contributed by atoms with van der Waals surface area (Å²) in [4.78, 5) is 2.70. The summed E-state index contributed by atoms with van der Waals surface area (Å²) in [5.74, 6) is 0. The van der Waals surface area contributed by atoms with Crippen LogP contribution < -0.4 is 15.7 Å². The summed E-state index contributed by atoms with van der Waals surface area (Å²) in [6.07, 6.45) is 0. The van der Waals surface area contributed by atoms with Crippen LogP contribution in [0.3, 0.4) is 0 Å². The zero-order valence-electron chi connectivity index (χ0n) is 27.9. The summed E-state index contributed by atoms with van der Waals surface area (Å²) in [7, 11) is 0. The van der Waals surface area contributed by atoms with Gasteiger partial charge < -0.3 is 13.8 Å². The molecule has 234 valence electrons. The van der Waals surface area contributed by atoms with Crippen LogP contribution in [0.2, 0.25) is 0 Å². The minimum absolute atomic E-state index is 0.0247. The lowest BCUT2D eigenvalue weighted by Crippen LogP contribution is -2.60. The van der Waals surface area contributed by atoms with E-state index >= 15 is 0 Å². The molecule has 0 atom stereocenters. The first-order valence-corrected chi connectivity index (χ1v) is 17.9. The van der Waals surface area contributed by atoms with Gasteiger partial charge in [-0.25, -0.2) is 0 Å². The third-order valence-corrected chi connectivity index (χ3v) is 12.1. The van der Waals surface area contributed by atoms with Crippen molar-refractivity contribution >= 4 is 99.8 Å². The van der Waals surface area contributed by atoms with Gasteiger partial charge >= 0.3 is 6.85 Å². The molecule has 13 rings (SSSR count). The molecule has 4 heteroatoms. The number of rotatable bonds is 1. The zero-order valence-corrected chi connectivity index (χ0v) is 27.9. The number of anilines is 2. The quantitative estimate of drug-likeness (QED) is 0.162. The summed E-state index contributed by atoms with van der Waals surface area (Å²) in [6.45, 7) is 2.24. The maximum absolute atomic E-state index is 2.70. The van der Waals surface area contributed by atoms with Gasteiger partial charge in [-0.15, -0.1) is 0 Å². The Hall–Kier alpha value is -6.52. The number of aryl methyl sites for hydroxylation is 1. The van der Waals surface area contributed by atoms with Crippen molar-refractivity contribution in [3.63, 3.8) is 0 Å². The van der Waals surface area contributed by atoms with Crippen LogP contribution in [0.1, 0.15) is 5.56 Å². The molecule has 51 heavy (non-hydrogen) atoms. The molecule has 2 aliphatic rings. The van der Waals surface area contributed by atoms with Crippen molar-refractivity contribution in [2.45, 2.75) is 6.92 Å². The normalized spacial score (nSPS) is 13.5. The Morgan fingerprint density at radius 3 is 1.96 bits per heavy atom. The van der Waals surface area contributed by atoms with Crippen LogP contribution in [0.5, 0.6) is 0 Å². The van der Waals surface area contributed by atoms with Crippen LogP contribution in [0.4, 0.5) is 11.4 Å². The molecule has 0 spiro atoms. The van der Waals surface area contributed by atoms with Gasteiger partial charge in [0.15, 0.2) is 0 Å². The summed E-state index contributed by atoms with van der Waals surface area (Å²) in [5.41, 5.74) is 16.9. The second kappa shape index (κ2) is 8.98. The molecule has 0 unspecified atom stereocenters. The van der Waals surface area contributed by atoms with Gasteiger partial charge in [0, 0.05) is 54.6 Å². The molecule has 11 aromatic rings. The second-order valence-corrected chi connectivity index (χ2v) is 14.5. The van der Waals surface area contributed by atoms with Gasteiger partial charge in [-0.05, 0) is 70.8 Å². The molecule has 0 aliphatic carbocycles. The lowest BCUT2D eigenvalue weighted by Gasteiger charge is -2.43. The molecule has 3 nitrogen and oxygen atoms in total. The minimum Gasteiger partial charge on any atom is -0.376 e. The predicted molar refractivity (Wildman–Crippen MR) is 217 cm³/mol. The minimum atomic E-state index is -0.0247. The van der Waals surface area contributed by atoms with Gasteiger partial charge in [0.05, 0.1) is 33.3 Å². The molecule has 3 aromatic heterocycles. The molecule has 0 fully saturated rings. The molecule has 5 heterocycles. The maximum atomic E-state index is 2.70. The number of hydrogen-bond acceptors (Lipinski definition) is 1. The number of nitrogens with zero attached hydrogens (tertiary/aromatic N) is 3. The van der Waals surface area contributed by atoms with E-state index in [-0.39, 0.29) is 6.85 Å². The Labute approximate surface area is 293 Å². The third kappa shape index (κ3) is 2.98. The van der Waals surface area contributed by atoms with Crippen molar-refractivity contribution < 1.29 is 0 Å². The van der Waals surface area contributed by atoms with Crippen LogP contribution >= 0.6 is 0 Å². The van der Waals surface area contributed by atoms with Crippen LogP contribution in [-0.2, 0) is 0 Å². The average molecular weight is 646 g/mol.